The number of carbonyl (C=O) groups is 1. The van der Waals surface area contributed by atoms with Crippen molar-refractivity contribution in [3.63, 3.8) is 0 Å². The lowest BCUT2D eigenvalue weighted by Crippen LogP contribution is -2.28. The zero-order valence-corrected chi connectivity index (χ0v) is 10.0. The second-order valence-corrected chi connectivity index (χ2v) is 5.45. The molecule has 0 saturated carbocycles. The van der Waals surface area contributed by atoms with Crippen LogP contribution in [-0.4, -0.2) is 15.8 Å². The van der Waals surface area contributed by atoms with E-state index in [4.69, 9.17) is 0 Å². The highest BCUT2D eigenvalue weighted by atomic mass is 16.1. The van der Waals surface area contributed by atoms with Crippen LogP contribution >= 0.6 is 0 Å². The number of Topliss-reactive ketones (excluding diaryl/α,β-unsaturated/α-hetero) is 1. The highest BCUT2D eigenvalue weighted by molar-refractivity contribution is 5.98. The summed E-state index contributed by atoms with van der Waals surface area (Å²) >= 11 is 0. The van der Waals surface area contributed by atoms with E-state index in [1.54, 1.807) is 0 Å². The fourth-order valence-corrected chi connectivity index (χ4v) is 2.42. The Kier molecular flexibility index (Phi) is 2.05. The summed E-state index contributed by atoms with van der Waals surface area (Å²) in [6.07, 6.45) is 1.39. The number of fused-ring (bicyclic) bond motifs is 2. The van der Waals surface area contributed by atoms with E-state index in [-0.39, 0.29) is 11.2 Å². The Morgan fingerprint density at radius 1 is 1.06 bits per heavy atom. The number of rotatable bonds is 0. The molecule has 86 valence electrons. The fourth-order valence-electron chi connectivity index (χ4n) is 2.42. The second-order valence-electron chi connectivity index (χ2n) is 5.45. The van der Waals surface area contributed by atoms with Crippen LogP contribution in [0.1, 0.15) is 36.5 Å². The van der Waals surface area contributed by atoms with Crippen molar-refractivity contribution in [1.29, 1.82) is 0 Å². The molecular weight excluding hydrogens is 212 g/mol. The maximum absolute atomic E-state index is 12.0. The van der Waals surface area contributed by atoms with Crippen molar-refractivity contribution < 1.29 is 4.79 Å². The molecular formula is C14H14N2O. The summed E-state index contributed by atoms with van der Waals surface area (Å²) in [5.41, 5.74) is 3.10. The number of hydrogen-bond donors (Lipinski definition) is 0. The molecule has 0 fully saturated rings. The molecule has 0 radical (unpaired) electrons. The highest BCUT2D eigenvalue weighted by Crippen LogP contribution is 2.33. The molecule has 0 atom stereocenters. The van der Waals surface area contributed by atoms with Crippen molar-refractivity contribution >= 4 is 16.8 Å². The molecule has 0 aliphatic heterocycles. The minimum atomic E-state index is 0.00121. The maximum atomic E-state index is 12.0. The third-order valence-corrected chi connectivity index (χ3v) is 3.19. The van der Waals surface area contributed by atoms with Gasteiger partial charge in [-0.2, -0.15) is 0 Å². The van der Waals surface area contributed by atoms with Gasteiger partial charge in [-0.25, -0.2) is 9.97 Å². The summed E-state index contributed by atoms with van der Waals surface area (Å²) in [5.74, 6) is 0.120. The minimum Gasteiger partial charge on any atom is -0.292 e. The SMILES string of the molecule is CC1(C)CC(=O)c2nc3ccccc3nc2C1. The van der Waals surface area contributed by atoms with E-state index in [0.29, 0.717) is 12.1 Å². The Morgan fingerprint density at radius 2 is 1.71 bits per heavy atom. The van der Waals surface area contributed by atoms with Gasteiger partial charge in [0, 0.05) is 6.42 Å². The third-order valence-electron chi connectivity index (χ3n) is 3.19. The van der Waals surface area contributed by atoms with E-state index >= 15 is 0 Å². The zero-order chi connectivity index (χ0) is 12.0. The fraction of sp³-hybridized carbons (Fsp3) is 0.357. The molecule has 0 bridgehead atoms. The van der Waals surface area contributed by atoms with E-state index in [2.05, 4.69) is 23.8 Å². The molecule has 3 rings (SSSR count). The minimum absolute atomic E-state index is 0.00121. The van der Waals surface area contributed by atoms with E-state index in [1.807, 2.05) is 24.3 Å². The predicted molar refractivity (Wildman–Crippen MR) is 66.0 cm³/mol. The van der Waals surface area contributed by atoms with E-state index in [0.717, 1.165) is 23.1 Å². The van der Waals surface area contributed by atoms with Crippen molar-refractivity contribution in [2.24, 2.45) is 5.41 Å². The van der Waals surface area contributed by atoms with Gasteiger partial charge in [0.05, 0.1) is 16.7 Å². The second kappa shape index (κ2) is 3.36. The number of hydrogen-bond acceptors (Lipinski definition) is 3. The van der Waals surface area contributed by atoms with Gasteiger partial charge < -0.3 is 0 Å². The molecule has 3 nitrogen and oxygen atoms in total. The summed E-state index contributed by atoms with van der Waals surface area (Å²) in [4.78, 5) is 21.1. The molecule has 0 N–H and O–H groups in total. The van der Waals surface area contributed by atoms with Gasteiger partial charge in [-0.3, -0.25) is 4.79 Å². The molecule has 1 aliphatic carbocycles. The molecule has 1 aliphatic rings. The first-order chi connectivity index (χ1) is 8.05. The molecule has 0 unspecified atom stereocenters. The summed E-state index contributed by atoms with van der Waals surface area (Å²) < 4.78 is 0. The van der Waals surface area contributed by atoms with Crippen LogP contribution in [0.15, 0.2) is 24.3 Å². The molecule has 0 spiro atoms. The normalized spacial score (nSPS) is 18.1. The van der Waals surface area contributed by atoms with Crippen LogP contribution in [0.4, 0.5) is 0 Å². The van der Waals surface area contributed by atoms with Gasteiger partial charge in [0.25, 0.3) is 0 Å². The van der Waals surface area contributed by atoms with Gasteiger partial charge in [-0.05, 0) is 24.0 Å². The largest absolute Gasteiger partial charge is 0.292 e. The van der Waals surface area contributed by atoms with Crippen LogP contribution in [0, 0.1) is 5.41 Å². The van der Waals surface area contributed by atoms with Crippen molar-refractivity contribution in [3.05, 3.63) is 35.7 Å². The van der Waals surface area contributed by atoms with Crippen molar-refractivity contribution in [3.8, 4) is 0 Å². The van der Waals surface area contributed by atoms with Crippen LogP contribution < -0.4 is 0 Å². The van der Waals surface area contributed by atoms with Gasteiger partial charge in [-0.1, -0.05) is 26.0 Å². The predicted octanol–water partition coefficient (Wildman–Crippen LogP) is 2.78. The first-order valence-corrected chi connectivity index (χ1v) is 5.84. The molecule has 0 saturated heterocycles. The van der Waals surface area contributed by atoms with Crippen molar-refractivity contribution in [2.45, 2.75) is 26.7 Å². The van der Waals surface area contributed by atoms with Gasteiger partial charge in [-0.15, -0.1) is 0 Å². The molecule has 1 heterocycles. The van der Waals surface area contributed by atoms with E-state index < -0.39 is 0 Å². The van der Waals surface area contributed by atoms with Gasteiger partial charge >= 0.3 is 0 Å². The molecule has 2 aromatic rings. The Balaban J connectivity index is 2.25. The summed E-state index contributed by atoms with van der Waals surface area (Å²) in [6, 6.07) is 7.70. The molecule has 1 aromatic carbocycles. The van der Waals surface area contributed by atoms with E-state index in [1.165, 1.54) is 0 Å². The monoisotopic (exact) mass is 226 g/mol. The highest BCUT2D eigenvalue weighted by Gasteiger charge is 2.33. The number of aromatic nitrogens is 2. The Bertz CT molecular complexity index is 617. The van der Waals surface area contributed by atoms with Crippen LogP contribution in [0.3, 0.4) is 0 Å². The van der Waals surface area contributed by atoms with Gasteiger partial charge in [0.2, 0.25) is 0 Å². The van der Waals surface area contributed by atoms with E-state index in [9.17, 15) is 4.79 Å². The van der Waals surface area contributed by atoms with Crippen molar-refractivity contribution in [1.82, 2.24) is 9.97 Å². The number of nitrogens with zero attached hydrogens (tertiary/aromatic N) is 2. The standard InChI is InChI=1S/C14H14N2O/c1-14(2)7-11-13(12(17)8-14)16-10-6-4-3-5-9(10)15-11/h3-6H,7-8H2,1-2H3. The topological polar surface area (TPSA) is 42.9 Å². The summed E-state index contributed by atoms with van der Waals surface area (Å²) in [5, 5.41) is 0. The maximum Gasteiger partial charge on any atom is 0.183 e. The Morgan fingerprint density at radius 3 is 2.41 bits per heavy atom. The smallest absolute Gasteiger partial charge is 0.183 e. The van der Waals surface area contributed by atoms with Crippen LogP contribution in [0.2, 0.25) is 0 Å². The first-order valence-electron chi connectivity index (χ1n) is 5.84. The lowest BCUT2D eigenvalue weighted by molar-refractivity contribution is 0.0904. The zero-order valence-electron chi connectivity index (χ0n) is 10.0. The molecule has 1 aromatic heterocycles. The van der Waals surface area contributed by atoms with Gasteiger partial charge in [0.1, 0.15) is 5.69 Å². The lowest BCUT2D eigenvalue weighted by Gasteiger charge is -2.28. The number of ketones is 1. The number of para-hydroxylation sites is 2. The van der Waals surface area contributed by atoms with Crippen molar-refractivity contribution in [2.75, 3.05) is 0 Å². The first kappa shape index (κ1) is 10.4. The van der Waals surface area contributed by atoms with Crippen LogP contribution in [-0.2, 0) is 6.42 Å². The Hall–Kier alpha value is -1.77. The molecule has 17 heavy (non-hydrogen) atoms. The van der Waals surface area contributed by atoms with Gasteiger partial charge in [0.15, 0.2) is 5.78 Å². The summed E-state index contributed by atoms with van der Waals surface area (Å²) in [6.45, 7) is 4.20. The average Bonchev–Trinajstić information content (AvgIpc) is 2.25. The average molecular weight is 226 g/mol. The number of carbonyl (C=O) groups excluding carboxylic acids is 1. The van der Waals surface area contributed by atoms with Crippen LogP contribution in [0.25, 0.3) is 11.0 Å². The van der Waals surface area contributed by atoms with Crippen LogP contribution in [0.5, 0.6) is 0 Å². The summed E-state index contributed by atoms with van der Waals surface area (Å²) in [7, 11) is 0. The molecule has 3 heteroatoms. The Labute approximate surface area is 99.9 Å². The lowest BCUT2D eigenvalue weighted by atomic mass is 9.77. The quantitative estimate of drug-likeness (QED) is 0.693. The third kappa shape index (κ3) is 1.71. The number of benzene rings is 1. The molecule has 0 amide bonds.